The minimum Gasteiger partial charge on any atom is -0.322 e. The average molecular weight is 214 g/mol. The van der Waals surface area contributed by atoms with Crippen LogP contribution in [0, 0.1) is 0 Å². The largest absolute Gasteiger partial charge is 0.322 e. The third-order valence-electron chi connectivity index (χ3n) is 1.18. The molecule has 0 aromatic rings. The molecule has 1 amide bonds. The van der Waals surface area contributed by atoms with Crippen molar-refractivity contribution in [2.45, 2.75) is 0 Å². The lowest BCUT2D eigenvalue weighted by Gasteiger charge is -2.20. The molecule has 0 radical (unpaired) electrons. The number of nitrogens with two attached hydrogens (primary N) is 1. The molecule has 0 atom stereocenters. The van der Waals surface area contributed by atoms with Crippen molar-refractivity contribution in [2.75, 3.05) is 31.4 Å². The normalized spacial score (nSPS) is 10.3. The number of halogens is 2. The predicted molar refractivity (Wildman–Crippen MR) is 50.2 cm³/mol. The van der Waals surface area contributed by atoms with E-state index in [4.69, 9.17) is 28.9 Å². The molecular weight excluding hydrogens is 201 g/mol. The summed E-state index contributed by atoms with van der Waals surface area (Å²) >= 11 is 11.0. The molecule has 0 rings (SSSR count). The highest BCUT2D eigenvalue weighted by Gasteiger charge is 2.05. The van der Waals surface area contributed by atoms with Crippen LogP contribution in [0.4, 0.5) is 0 Å². The number of nitrogens with zero attached hydrogens (tertiary/aromatic N) is 1. The Morgan fingerprint density at radius 3 is 2.17 bits per heavy atom. The minimum atomic E-state index is -0.231. The summed E-state index contributed by atoms with van der Waals surface area (Å²) in [6, 6.07) is 0. The number of carbonyl (C=O) groups excluding carboxylic acids is 1. The predicted octanol–water partition coefficient (Wildman–Crippen LogP) is -0.244. The molecule has 72 valence electrons. The first-order valence-electron chi connectivity index (χ1n) is 3.61. The number of hydrogen-bond acceptors (Lipinski definition) is 3. The van der Waals surface area contributed by atoms with Gasteiger partial charge in [0.15, 0.2) is 0 Å². The van der Waals surface area contributed by atoms with Crippen LogP contribution in [-0.4, -0.2) is 42.3 Å². The molecule has 0 fully saturated rings. The monoisotopic (exact) mass is 213 g/mol. The Morgan fingerprint density at radius 1 is 1.33 bits per heavy atom. The van der Waals surface area contributed by atoms with E-state index in [0.29, 0.717) is 24.8 Å². The quantitative estimate of drug-likeness (QED) is 0.473. The van der Waals surface area contributed by atoms with Crippen LogP contribution in [-0.2, 0) is 4.79 Å². The summed E-state index contributed by atoms with van der Waals surface area (Å²) < 4.78 is 0. The maximum atomic E-state index is 10.8. The van der Waals surface area contributed by atoms with E-state index in [0.717, 1.165) is 0 Å². The zero-order chi connectivity index (χ0) is 9.40. The van der Waals surface area contributed by atoms with Crippen LogP contribution in [0.1, 0.15) is 0 Å². The zero-order valence-corrected chi connectivity index (χ0v) is 8.24. The summed E-state index contributed by atoms with van der Waals surface area (Å²) in [7, 11) is 0. The van der Waals surface area contributed by atoms with Gasteiger partial charge in [0.25, 0.3) is 0 Å². The van der Waals surface area contributed by atoms with Crippen molar-refractivity contribution in [3.05, 3.63) is 0 Å². The van der Waals surface area contributed by atoms with Crippen LogP contribution in [0.2, 0.25) is 0 Å². The van der Waals surface area contributed by atoms with Gasteiger partial charge in [-0.3, -0.25) is 10.2 Å². The van der Waals surface area contributed by atoms with Crippen molar-refractivity contribution in [2.24, 2.45) is 5.73 Å². The van der Waals surface area contributed by atoms with Crippen molar-refractivity contribution in [1.82, 2.24) is 10.4 Å². The van der Waals surface area contributed by atoms with E-state index in [9.17, 15) is 4.79 Å². The highest BCUT2D eigenvalue weighted by atomic mass is 35.5. The second kappa shape index (κ2) is 7.61. The highest BCUT2D eigenvalue weighted by Crippen LogP contribution is 1.87. The minimum absolute atomic E-state index is 0.0267. The van der Waals surface area contributed by atoms with Gasteiger partial charge in [0.2, 0.25) is 5.91 Å². The van der Waals surface area contributed by atoms with E-state index in [1.165, 1.54) is 0 Å². The van der Waals surface area contributed by atoms with Gasteiger partial charge in [-0.15, -0.1) is 23.2 Å². The van der Waals surface area contributed by atoms with Crippen molar-refractivity contribution >= 4 is 29.1 Å². The number of rotatable bonds is 6. The van der Waals surface area contributed by atoms with Crippen LogP contribution >= 0.6 is 23.2 Å². The SMILES string of the molecule is NCC(=O)NN(CCCl)CCCl. The summed E-state index contributed by atoms with van der Waals surface area (Å²) in [5.41, 5.74) is 7.68. The topological polar surface area (TPSA) is 58.4 Å². The maximum absolute atomic E-state index is 10.8. The Morgan fingerprint density at radius 2 is 1.83 bits per heavy atom. The second-order valence-electron chi connectivity index (χ2n) is 2.10. The number of nitrogens with one attached hydrogen (secondary N) is 1. The third kappa shape index (κ3) is 5.60. The smallest absolute Gasteiger partial charge is 0.248 e. The summed E-state index contributed by atoms with van der Waals surface area (Å²) in [5.74, 6) is 0.661. The fourth-order valence-electron chi connectivity index (χ4n) is 0.650. The number of carbonyl (C=O) groups is 1. The Balaban J connectivity index is 3.68. The standard InChI is InChI=1S/C6H13Cl2N3O/c7-1-3-11(4-2-8)10-6(12)5-9/h1-5,9H2,(H,10,12). The molecule has 12 heavy (non-hydrogen) atoms. The van der Waals surface area contributed by atoms with Crippen LogP contribution in [0.15, 0.2) is 0 Å². The molecule has 3 N–H and O–H groups in total. The highest BCUT2D eigenvalue weighted by molar-refractivity contribution is 6.18. The summed E-state index contributed by atoms with van der Waals surface area (Å²) in [6.07, 6.45) is 0. The van der Waals surface area contributed by atoms with E-state index < -0.39 is 0 Å². The van der Waals surface area contributed by atoms with E-state index in [-0.39, 0.29) is 12.5 Å². The van der Waals surface area contributed by atoms with Gasteiger partial charge in [0.05, 0.1) is 6.54 Å². The van der Waals surface area contributed by atoms with Gasteiger partial charge in [-0.2, -0.15) is 0 Å². The van der Waals surface area contributed by atoms with Gasteiger partial charge in [0, 0.05) is 24.8 Å². The molecule has 0 aliphatic rings. The van der Waals surface area contributed by atoms with Crippen LogP contribution in [0.5, 0.6) is 0 Å². The van der Waals surface area contributed by atoms with Gasteiger partial charge < -0.3 is 5.73 Å². The first kappa shape index (κ1) is 12.0. The summed E-state index contributed by atoms with van der Waals surface area (Å²) in [5, 5.41) is 1.65. The Kier molecular flexibility index (Phi) is 7.59. The van der Waals surface area contributed by atoms with E-state index in [1.807, 2.05) is 0 Å². The lowest BCUT2D eigenvalue weighted by Crippen LogP contribution is -2.46. The second-order valence-corrected chi connectivity index (χ2v) is 2.86. The van der Waals surface area contributed by atoms with Crippen molar-refractivity contribution in [3.8, 4) is 0 Å². The summed E-state index contributed by atoms with van der Waals surface area (Å²) in [6.45, 7) is 1.11. The lowest BCUT2D eigenvalue weighted by atomic mass is 10.6. The zero-order valence-electron chi connectivity index (χ0n) is 6.72. The number of amides is 1. The van der Waals surface area contributed by atoms with Crippen molar-refractivity contribution in [1.29, 1.82) is 0 Å². The Labute approximate surface area is 82.0 Å². The maximum Gasteiger partial charge on any atom is 0.248 e. The van der Waals surface area contributed by atoms with Crippen LogP contribution in [0.3, 0.4) is 0 Å². The Hall–Kier alpha value is -0.0300. The first-order valence-corrected chi connectivity index (χ1v) is 4.68. The Bertz CT molecular complexity index is 128. The van der Waals surface area contributed by atoms with Gasteiger partial charge in [-0.25, -0.2) is 5.01 Å². The molecule has 0 unspecified atom stereocenters. The molecule has 0 aliphatic heterocycles. The van der Waals surface area contributed by atoms with E-state index >= 15 is 0 Å². The molecule has 0 aromatic carbocycles. The number of hydrogen-bond donors (Lipinski definition) is 2. The van der Waals surface area contributed by atoms with Gasteiger partial charge in [-0.05, 0) is 0 Å². The molecule has 0 spiro atoms. The van der Waals surface area contributed by atoms with Crippen LogP contribution in [0.25, 0.3) is 0 Å². The molecule has 0 heterocycles. The molecule has 4 nitrogen and oxygen atoms in total. The van der Waals surface area contributed by atoms with E-state index in [2.05, 4.69) is 5.43 Å². The molecule has 0 saturated heterocycles. The number of hydrazine groups is 1. The van der Waals surface area contributed by atoms with Crippen molar-refractivity contribution in [3.63, 3.8) is 0 Å². The molecular formula is C6H13Cl2N3O. The molecule has 0 aromatic heterocycles. The fourth-order valence-corrected chi connectivity index (χ4v) is 1.06. The molecule has 6 heteroatoms. The molecule has 0 bridgehead atoms. The van der Waals surface area contributed by atoms with Gasteiger partial charge in [0.1, 0.15) is 0 Å². The fraction of sp³-hybridized carbons (Fsp3) is 0.833. The lowest BCUT2D eigenvalue weighted by molar-refractivity contribution is -0.124. The molecule has 0 saturated carbocycles. The molecule has 0 aliphatic carbocycles. The number of alkyl halides is 2. The average Bonchev–Trinajstić information content (AvgIpc) is 2.05. The van der Waals surface area contributed by atoms with Gasteiger partial charge >= 0.3 is 0 Å². The van der Waals surface area contributed by atoms with Crippen molar-refractivity contribution < 1.29 is 4.79 Å². The third-order valence-corrected chi connectivity index (χ3v) is 1.52. The summed E-state index contributed by atoms with van der Waals surface area (Å²) in [4.78, 5) is 10.8. The van der Waals surface area contributed by atoms with E-state index in [1.54, 1.807) is 5.01 Å². The van der Waals surface area contributed by atoms with Crippen LogP contribution < -0.4 is 11.2 Å². The first-order chi connectivity index (χ1) is 5.74. The van der Waals surface area contributed by atoms with Gasteiger partial charge in [-0.1, -0.05) is 0 Å².